The second-order valence-electron chi connectivity index (χ2n) is 10.8. The first kappa shape index (κ1) is 30.7. The number of unbranched alkanes of at least 4 members (excludes halogenated alkanes) is 2. The largest absolute Gasteiger partial charge is 0.507 e. The fourth-order valence-corrected chi connectivity index (χ4v) is 4.25. The Balaban J connectivity index is 2.54. The maximum absolute atomic E-state index is 14.0. The van der Waals surface area contributed by atoms with E-state index in [1.807, 2.05) is 32.0 Å². The van der Waals surface area contributed by atoms with Crippen LogP contribution >= 0.6 is 0 Å². The van der Waals surface area contributed by atoms with E-state index in [1.165, 1.54) is 4.90 Å². The zero-order valence-corrected chi connectivity index (χ0v) is 24.0. The highest BCUT2D eigenvalue weighted by Gasteiger charge is 2.36. The number of phenols is 1. The summed E-state index contributed by atoms with van der Waals surface area (Å²) in [5.41, 5.74) is 2.62. The van der Waals surface area contributed by atoms with Crippen LogP contribution in [0.3, 0.4) is 0 Å². The molecular weight excluding hydrogens is 482 g/mol. The fraction of sp³-hybridized carbons (Fsp3) is 0.500. The Morgan fingerprint density at radius 1 is 0.974 bits per heavy atom. The number of alkyl carbamates (subject to hydrolysis) is 1. The summed E-state index contributed by atoms with van der Waals surface area (Å²) < 4.78 is 5.33. The summed E-state index contributed by atoms with van der Waals surface area (Å²) in [6, 6.07) is 8.78. The number of aromatic hydroxyl groups is 1. The molecule has 38 heavy (non-hydrogen) atoms. The Labute approximate surface area is 226 Å². The van der Waals surface area contributed by atoms with Gasteiger partial charge >= 0.3 is 6.09 Å². The molecule has 0 aliphatic heterocycles. The number of ether oxygens (including phenoxy) is 1. The molecule has 0 fully saturated rings. The number of phenolic OH excluding ortho intramolecular Hbond substituents is 1. The SMILES string of the molecule is CCCCCN(C(=O)C(C)NC(=O)OC(C)(C)C)C(C(=O)Nc1c(C)cccc1C)c1cccc(C)c1O. The van der Waals surface area contributed by atoms with E-state index in [2.05, 4.69) is 17.6 Å². The van der Waals surface area contributed by atoms with Gasteiger partial charge in [0.25, 0.3) is 5.91 Å². The van der Waals surface area contributed by atoms with Crippen molar-refractivity contribution in [1.82, 2.24) is 10.2 Å². The topological polar surface area (TPSA) is 108 Å². The van der Waals surface area contributed by atoms with Crippen LogP contribution in [0.5, 0.6) is 5.75 Å². The molecule has 2 atom stereocenters. The van der Waals surface area contributed by atoms with E-state index >= 15 is 0 Å². The van der Waals surface area contributed by atoms with Crippen LogP contribution < -0.4 is 10.6 Å². The number of para-hydroxylation sites is 2. The molecule has 8 nitrogen and oxygen atoms in total. The molecule has 0 spiro atoms. The second-order valence-corrected chi connectivity index (χ2v) is 10.8. The molecule has 0 saturated heterocycles. The van der Waals surface area contributed by atoms with Crippen LogP contribution in [-0.4, -0.2) is 46.1 Å². The smallest absolute Gasteiger partial charge is 0.408 e. The quantitative estimate of drug-likeness (QED) is 0.333. The molecule has 3 N–H and O–H groups in total. The summed E-state index contributed by atoms with van der Waals surface area (Å²) in [6.07, 6.45) is 1.70. The number of hydrogen-bond acceptors (Lipinski definition) is 5. The Morgan fingerprint density at radius 3 is 2.13 bits per heavy atom. The number of nitrogens with zero attached hydrogens (tertiary/aromatic N) is 1. The number of amides is 3. The third-order valence-corrected chi connectivity index (χ3v) is 6.24. The molecule has 0 aliphatic carbocycles. The number of benzene rings is 2. The van der Waals surface area contributed by atoms with Crippen LogP contribution in [0.2, 0.25) is 0 Å². The van der Waals surface area contributed by atoms with Crippen molar-refractivity contribution in [3.8, 4) is 5.75 Å². The summed E-state index contributed by atoms with van der Waals surface area (Å²) in [5, 5.41) is 16.6. The molecule has 0 saturated carbocycles. The number of rotatable bonds is 10. The normalized spacial score (nSPS) is 12.8. The number of hydrogen-bond donors (Lipinski definition) is 3. The highest BCUT2D eigenvalue weighted by Crippen LogP contribution is 2.34. The fourth-order valence-electron chi connectivity index (χ4n) is 4.25. The van der Waals surface area contributed by atoms with E-state index in [0.717, 1.165) is 24.0 Å². The van der Waals surface area contributed by atoms with Gasteiger partial charge in [0, 0.05) is 17.8 Å². The predicted molar refractivity (Wildman–Crippen MR) is 150 cm³/mol. The van der Waals surface area contributed by atoms with Crippen molar-refractivity contribution < 1.29 is 24.2 Å². The van der Waals surface area contributed by atoms with Gasteiger partial charge in [0.1, 0.15) is 23.4 Å². The van der Waals surface area contributed by atoms with Crippen molar-refractivity contribution in [2.24, 2.45) is 0 Å². The Bertz CT molecular complexity index is 1120. The minimum absolute atomic E-state index is 0.0461. The minimum atomic E-state index is -1.12. The lowest BCUT2D eigenvalue weighted by molar-refractivity contribution is -0.140. The van der Waals surface area contributed by atoms with Gasteiger partial charge in [-0.15, -0.1) is 0 Å². The van der Waals surface area contributed by atoms with Gasteiger partial charge in [-0.25, -0.2) is 4.79 Å². The molecule has 2 unspecified atom stereocenters. The van der Waals surface area contributed by atoms with Gasteiger partial charge in [0.15, 0.2) is 0 Å². The third-order valence-electron chi connectivity index (χ3n) is 6.24. The monoisotopic (exact) mass is 525 g/mol. The van der Waals surface area contributed by atoms with Crippen molar-refractivity contribution in [1.29, 1.82) is 0 Å². The summed E-state index contributed by atoms with van der Waals surface area (Å²) in [4.78, 5) is 41.7. The molecule has 0 bridgehead atoms. The maximum Gasteiger partial charge on any atom is 0.408 e. The Hall–Kier alpha value is -3.55. The number of aryl methyl sites for hydroxylation is 3. The van der Waals surface area contributed by atoms with Crippen LogP contribution in [0, 0.1) is 20.8 Å². The van der Waals surface area contributed by atoms with Crippen molar-refractivity contribution in [2.75, 3.05) is 11.9 Å². The summed E-state index contributed by atoms with van der Waals surface area (Å²) in [6.45, 7) is 14.7. The van der Waals surface area contributed by atoms with Crippen LogP contribution in [0.25, 0.3) is 0 Å². The van der Waals surface area contributed by atoms with Crippen molar-refractivity contribution in [3.05, 3.63) is 58.7 Å². The number of carbonyl (C=O) groups excluding carboxylic acids is 3. The zero-order chi connectivity index (χ0) is 28.6. The van der Waals surface area contributed by atoms with Crippen molar-refractivity contribution >= 4 is 23.6 Å². The Kier molecular flexibility index (Phi) is 10.7. The molecule has 0 heterocycles. The van der Waals surface area contributed by atoms with Gasteiger partial charge in [0.2, 0.25) is 5.91 Å². The molecule has 8 heteroatoms. The molecule has 208 valence electrons. The lowest BCUT2D eigenvalue weighted by Crippen LogP contribution is -2.51. The molecule has 2 rings (SSSR count). The van der Waals surface area contributed by atoms with Gasteiger partial charge in [-0.05, 0) is 71.6 Å². The lowest BCUT2D eigenvalue weighted by atomic mass is 9.98. The molecule has 0 radical (unpaired) electrons. The van der Waals surface area contributed by atoms with E-state index in [9.17, 15) is 19.5 Å². The molecule has 0 aliphatic rings. The number of anilines is 1. The molecule has 2 aromatic rings. The van der Waals surface area contributed by atoms with E-state index in [-0.39, 0.29) is 12.3 Å². The van der Waals surface area contributed by atoms with E-state index in [0.29, 0.717) is 23.2 Å². The van der Waals surface area contributed by atoms with Crippen molar-refractivity contribution in [2.45, 2.75) is 92.3 Å². The van der Waals surface area contributed by atoms with Gasteiger partial charge in [-0.3, -0.25) is 9.59 Å². The Morgan fingerprint density at radius 2 is 1.55 bits per heavy atom. The van der Waals surface area contributed by atoms with Gasteiger partial charge < -0.3 is 25.4 Å². The predicted octanol–water partition coefficient (Wildman–Crippen LogP) is 5.93. The van der Waals surface area contributed by atoms with E-state index in [1.54, 1.807) is 52.8 Å². The first-order chi connectivity index (χ1) is 17.8. The van der Waals surface area contributed by atoms with Crippen LogP contribution in [0.15, 0.2) is 36.4 Å². The maximum atomic E-state index is 14.0. The van der Waals surface area contributed by atoms with Gasteiger partial charge in [-0.1, -0.05) is 56.2 Å². The summed E-state index contributed by atoms with van der Waals surface area (Å²) in [5.74, 6) is -0.942. The zero-order valence-electron chi connectivity index (χ0n) is 24.0. The van der Waals surface area contributed by atoms with Gasteiger partial charge in [0.05, 0.1) is 0 Å². The number of carbonyl (C=O) groups is 3. The standard InChI is InChI=1S/C30H43N3O5/c1-9-10-11-18-33(28(36)22(5)31-29(37)38-30(6,7)8)25(23-17-13-16-21(4)26(23)34)27(35)32-24-19(2)14-12-15-20(24)3/h12-17,22,25,34H,9-11,18H2,1-8H3,(H,31,37)(H,32,35). The summed E-state index contributed by atoms with van der Waals surface area (Å²) >= 11 is 0. The minimum Gasteiger partial charge on any atom is -0.507 e. The van der Waals surface area contributed by atoms with Crippen LogP contribution in [0.1, 0.15) is 82.2 Å². The highest BCUT2D eigenvalue weighted by atomic mass is 16.6. The third kappa shape index (κ3) is 8.23. The van der Waals surface area contributed by atoms with E-state index < -0.39 is 35.6 Å². The summed E-state index contributed by atoms with van der Waals surface area (Å²) in [7, 11) is 0. The first-order valence-electron chi connectivity index (χ1n) is 13.2. The van der Waals surface area contributed by atoms with Crippen LogP contribution in [0.4, 0.5) is 10.5 Å². The first-order valence-corrected chi connectivity index (χ1v) is 13.2. The van der Waals surface area contributed by atoms with Gasteiger partial charge in [-0.2, -0.15) is 0 Å². The number of nitrogens with one attached hydrogen (secondary N) is 2. The van der Waals surface area contributed by atoms with Crippen LogP contribution in [-0.2, 0) is 14.3 Å². The van der Waals surface area contributed by atoms with E-state index in [4.69, 9.17) is 4.74 Å². The second kappa shape index (κ2) is 13.3. The molecule has 0 aromatic heterocycles. The highest BCUT2D eigenvalue weighted by molar-refractivity contribution is 6.00. The molecule has 3 amide bonds. The average Bonchev–Trinajstić information content (AvgIpc) is 2.81. The lowest BCUT2D eigenvalue weighted by Gasteiger charge is -2.34. The molecule has 2 aromatic carbocycles. The average molecular weight is 526 g/mol. The van der Waals surface area contributed by atoms with Crippen molar-refractivity contribution in [3.63, 3.8) is 0 Å². The molecular formula is C30H43N3O5.